The number of aryl methyl sites for hydroxylation is 1. The van der Waals surface area contributed by atoms with Gasteiger partial charge in [0.05, 0.1) is 6.04 Å². The average molecular weight is 497 g/mol. The van der Waals surface area contributed by atoms with Crippen molar-refractivity contribution in [1.29, 1.82) is 0 Å². The number of pyridine rings is 1. The molecule has 0 unspecified atom stereocenters. The molecule has 0 spiro atoms. The second kappa shape index (κ2) is 10.6. The summed E-state index contributed by atoms with van der Waals surface area (Å²) < 4.78 is 2.04. The lowest BCUT2D eigenvalue weighted by Gasteiger charge is -2.37. The van der Waals surface area contributed by atoms with Crippen LogP contribution in [0.2, 0.25) is 0 Å². The highest BCUT2D eigenvalue weighted by Crippen LogP contribution is 2.35. The molecule has 1 saturated heterocycles. The van der Waals surface area contributed by atoms with Crippen molar-refractivity contribution in [2.45, 2.75) is 70.4 Å². The summed E-state index contributed by atoms with van der Waals surface area (Å²) in [6, 6.07) is 19.1. The molecule has 2 aromatic carbocycles. The predicted octanol–water partition coefficient (Wildman–Crippen LogP) is 5.37. The maximum absolute atomic E-state index is 13.6. The number of benzene rings is 2. The van der Waals surface area contributed by atoms with Crippen LogP contribution in [-0.4, -0.2) is 43.2 Å². The van der Waals surface area contributed by atoms with Crippen LogP contribution in [-0.2, 0) is 6.42 Å². The summed E-state index contributed by atoms with van der Waals surface area (Å²) in [5, 5.41) is 14.2. The van der Waals surface area contributed by atoms with Gasteiger partial charge in [-0.1, -0.05) is 61.7 Å². The van der Waals surface area contributed by atoms with Crippen LogP contribution < -0.4 is 5.56 Å². The lowest BCUT2D eigenvalue weighted by molar-refractivity contribution is 0.140. The van der Waals surface area contributed by atoms with Crippen molar-refractivity contribution < 1.29 is 0 Å². The normalized spacial score (nSPS) is 18.8. The van der Waals surface area contributed by atoms with Crippen LogP contribution in [0.4, 0.5) is 0 Å². The number of likely N-dealkylation sites (tertiary alicyclic amines) is 1. The van der Waals surface area contributed by atoms with Gasteiger partial charge in [-0.15, -0.1) is 5.10 Å². The minimum absolute atomic E-state index is 0.0484. The van der Waals surface area contributed by atoms with Crippen LogP contribution in [0, 0.1) is 12.8 Å². The molecule has 6 rings (SSSR count). The molecule has 3 heterocycles. The van der Waals surface area contributed by atoms with Crippen molar-refractivity contribution in [3.8, 4) is 0 Å². The van der Waals surface area contributed by atoms with Gasteiger partial charge in [0.25, 0.3) is 5.56 Å². The number of rotatable bonds is 6. The number of aromatic nitrogens is 5. The molecule has 4 aromatic rings. The summed E-state index contributed by atoms with van der Waals surface area (Å²) in [6.45, 7) is 3.89. The molecule has 0 bridgehead atoms. The Labute approximate surface area is 217 Å². The van der Waals surface area contributed by atoms with Gasteiger partial charge in [0.2, 0.25) is 0 Å². The quantitative estimate of drug-likeness (QED) is 0.388. The van der Waals surface area contributed by atoms with Crippen molar-refractivity contribution >= 4 is 10.9 Å². The van der Waals surface area contributed by atoms with Crippen LogP contribution in [0.1, 0.15) is 79.5 Å². The molecule has 7 heteroatoms. The van der Waals surface area contributed by atoms with Crippen LogP contribution in [0.25, 0.3) is 10.9 Å². The van der Waals surface area contributed by atoms with Crippen LogP contribution in [0.3, 0.4) is 0 Å². The van der Waals surface area contributed by atoms with Gasteiger partial charge >= 0.3 is 0 Å². The molecule has 2 fully saturated rings. The van der Waals surface area contributed by atoms with Gasteiger partial charge in [0, 0.05) is 11.1 Å². The Hall–Kier alpha value is -3.32. The van der Waals surface area contributed by atoms with Gasteiger partial charge < -0.3 is 4.98 Å². The first-order valence-corrected chi connectivity index (χ1v) is 13.8. The van der Waals surface area contributed by atoms with Crippen LogP contribution in [0.15, 0.2) is 59.4 Å². The second-order valence-electron chi connectivity index (χ2n) is 11.0. The maximum Gasteiger partial charge on any atom is 0.253 e. The van der Waals surface area contributed by atoms with Gasteiger partial charge in [-0.2, -0.15) is 0 Å². The topological polar surface area (TPSA) is 79.7 Å². The van der Waals surface area contributed by atoms with E-state index in [4.69, 9.17) is 0 Å². The first kappa shape index (κ1) is 24.0. The monoisotopic (exact) mass is 496 g/mol. The number of fused-ring (bicyclic) bond motifs is 1. The minimum atomic E-state index is -0.260. The summed E-state index contributed by atoms with van der Waals surface area (Å²) in [5.74, 6) is 1.46. The fourth-order valence-corrected chi connectivity index (χ4v) is 6.36. The Morgan fingerprint density at radius 2 is 1.76 bits per heavy atom. The Morgan fingerprint density at radius 3 is 2.54 bits per heavy atom. The number of nitrogens with one attached hydrogen (secondary N) is 1. The van der Waals surface area contributed by atoms with Gasteiger partial charge in [0.15, 0.2) is 5.82 Å². The molecule has 1 aliphatic heterocycles. The largest absolute Gasteiger partial charge is 0.322 e. The van der Waals surface area contributed by atoms with E-state index < -0.39 is 0 Å². The van der Waals surface area contributed by atoms with Gasteiger partial charge in [-0.05, 0) is 97.1 Å². The van der Waals surface area contributed by atoms with E-state index in [1.165, 1.54) is 24.8 Å². The average Bonchev–Trinajstić information content (AvgIpc) is 3.41. The number of tetrazole rings is 1. The molecule has 2 aromatic heterocycles. The van der Waals surface area contributed by atoms with Crippen molar-refractivity contribution in [2.24, 2.45) is 5.92 Å². The first-order chi connectivity index (χ1) is 18.2. The third kappa shape index (κ3) is 5.10. The zero-order valence-electron chi connectivity index (χ0n) is 21.6. The summed E-state index contributed by atoms with van der Waals surface area (Å²) >= 11 is 0. The first-order valence-electron chi connectivity index (χ1n) is 13.8. The zero-order valence-corrected chi connectivity index (χ0v) is 21.6. The standard InChI is InChI=1S/C30H36N6O/c1-21-12-13-24-20-26(30(37)31-27(24)18-21)28(29-32-33-34-36(29)25-10-6-3-7-11-25)35-16-14-23(15-17-35)19-22-8-4-2-5-9-22/h2,4-5,8-9,12-13,18,20,23,25,28H,3,6-7,10-11,14-17,19H2,1H3,(H,31,37)/t28-/m1/s1. The number of H-pyrrole nitrogens is 1. The number of nitrogens with zero attached hydrogens (tertiary/aromatic N) is 5. The van der Waals surface area contributed by atoms with E-state index in [1.54, 1.807) is 0 Å². The van der Waals surface area contributed by atoms with Gasteiger partial charge in [-0.3, -0.25) is 9.69 Å². The third-order valence-corrected chi connectivity index (χ3v) is 8.39. The summed E-state index contributed by atoms with van der Waals surface area (Å²) in [4.78, 5) is 19.2. The predicted molar refractivity (Wildman–Crippen MR) is 146 cm³/mol. The van der Waals surface area contributed by atoms with Crippen LogP contribution >= 0.6 is 0 Å². The van der Waals surface area contributed by atoms with Gasteiger partial charge in [-0.25, -0.2) is 4.68 Å². The number of piperidine rings is 1. The molecule has 37 heavy (non-hydrogen) atoms. The highest BCUT2D eigenvalue weighted by Gasteiger charge is 2.34. The fourth-order valence-electron chi connectivity index (χ4n) is 6.36. The molecular weight excluding hydrogens is 460 g/mol. The lowest BCUT2D eigenvalue weighted by atomic mass is 9.88. The Balaban J connectivity index is 1.34. The van der Waals surface area contributed by atoms with Crippen LogP contribution in [0.5, 0.6) is 0 Å². The van der Waals surface area contributed by atoms with Crippen molar-refractivity contribution in [1.82, 2.24) is 30.1 Å². The van der Waals surface area contributed by atoms with E-state index in [0.29, 0.717) is 12.0 Å². The van der Waals surface area contributed by atoms with E-state index in [9.17, 15) is 4.79 Å². The third-order valence-electron chi connectivity index (χ3n) is 8.39. The summed E-state index contributed by atoms with van der Waals surface area (Å²) in [5.41, 5.74) is 4.10. The molecule has 0 radical (unpaired) electrons. The lowest BCUT2D eigenvalue weighted by Crippen LogP contribution is -2.41. The van der Waals surface area contributed by atoms with Crippen molar-refractivity contribution in [3.05, 3.63) is 87.5 Å². The number of aromatic amines is 1. The minimum Gasteiger partial charge on any atom is -0.322 e. The highest BCUT2D eigenvalue weighted by molar-refractivity contribution is 5.79. The smallest absolute Gasteiger partial charge is 0.253 e. The molecule has 2 aliphatic rings. The molecule has 0 amide bonds. The van der Waals surface area contributed by atoms with E-state index in [1.807, 2.05) is 17.7 Å². The molecular formula is C30H36N6O. The maximum atomic E-state index is 13.6. The van der Waals surface area contributed by atoms with E-state index >= 15 is 0 Å². The zero-order chi connectivity index (χ0) is 25.2. The molecule has 1 N–H and O–H groups in total. The molecule has 192 valence electrons. The fraction of sp³-hybridized carbons (Fsp3) is 0.467. The van der Waals surface area contributed by atoms with E-state index in [-0.39, 0.29) is 11.6 Å². The Kier molecular flexibility index (Phi) is 6.87. The van der Waals surface area contributed by atoms with E-state index in [2.05, 4.69) is 73.9 Å². The summed E-state index contributed by atoms with van der Waals surface area (Å²) in [6.07, 6.45) is 9.17. The van der Waals surface area contributed by atoms with Gasteiger partial charge in [0.1, 0.15) is 6.04 Å². The SMILES string of the molecule is Cc1ccc2cc([C@H](c3nnnn3C3CCCCC3)N3CCC(Cc4ccccc4)CC3)c(=O)[nH]c2c1. The molecule has 1 aliphatic carbocycles. The number of hydrogen-bond acceptors (Lipinski definition) is 5. The number of hydrogen-bond donors (Lipinski definition) is 1. The molecule has 1 saturated carbocycles. The molecule has 7 nitrogen and oxygen atoms in total. The second-order valence-corrected chi connectivity index (χ2v) is 11.0. The Morgan fingerprint density at radius 1 is 0.973 bits per heavy atom. The Bertz CT molecular complexity index is 1400. The highest BCUT2D eigenvalue weighted by atomic mass is 16.1. The van der Waals surface area contributed by atoms with Crippen molar-refractivity contribution in [2.75, 3.05) is 13.1 Å². The van der Waals surface area contributed by atoms with E-state index in [0.717, 1.165) is 73.0 Å². The molecule has 1 atom stereocenters. The van der Waals surface area contributed by atoms with Crippen molar-refractivity contribution in [3.63, 3.8) is 0 Å². The summed E-state index contributed by atoms with van der Waals surface area (Å²) in [7, 11) is 0.